The average molecular weight is 274 g/mol. The molecular weight excluding hydrogens is 259 g/mol. The lowest BCUT2D eigenvalue weighted by Gasteiger charge is -2.43. The van der Waals surface area contributed by atoms with Crippen LogP contribution in [-0.4, -0.2) is 36.5 Å². The molecule has 2 rings (SSSR count). The number of nitrogen functional groups attached to an aromatic ring is 1. The Balaban J connectivity index is 2.43. The summed E-state index contributed by atoms with van der Waals surface area (Å²) in [5, 5.41) is 9.57. The van der Waals surface area contributed by atoms with Crippen LogP contribution in [0.25, 0.3) is 0 Å². The van der Waals surface area contributed by atoms with Crippen LogP contribution in [0.4, 0.5) is 10.1 Å². The summed E-state index contributed by atoms with van der Waals surface area (Å²) in [5.41, 5.74) is 4.55. The zero-order valence-corrected chi connectivity index (χ0v) is 11.0. The highest BCUT2D eigenvalue weighted by Gasteiger charge is 2.44. The lowest BCUT2D eigenvalue weighted by atomic mass is 10.0. The predicted octanol–water partition coefficient (Wildman–Crippen LogP) is 0.472. The molecule has 0 saturated carbocycles. The normalized spacial score (nSPS) is 19.6. The zero-order chi connectivity index (χ0) is 13.7. The Hall–Kier alpha value is -1.18. The first-order valence-corrected chi connectivity index (χ1v) is 6.86. The Morgan fingerprint density at radius 2 is 2.00 bits per heavy atom. The molecule has 1 fully saturated rings. The van der Waals surface area contributed by atoms with Gasteiger partial charge in [0.2, 0.25) is 10.0 Å². The van der Waals surface area contributed by atoms with Crippen LogP contribution < -0.4 is 5.73 Å². The third-order valence-electron chi connectivity index (χ3n) is 2.97. The van der Waals surface area contributed by atoms with Gasteiger partial charge in [0.05, 0.1) is 10.5 Å². The molecule has 0 aliphatic carbocycles. The summed E-state index contributed by atoms with van der Waals surface area (Å²) >= 11 is 0. The van der Waals surface area contributed by atoms with Crippen LogP contribution >= 0.6 is 0 Å². The SMILES string of the molecule is Cc1c(F)cc(N)cc1S(=O)(=O)N1CC(C)(O)C1. The van der Waals surface area contributed by atoms with Crippen molar-refractivity contribution in [3.8, 4) is 0 Å². The van der Waals surface area contributed by atoms with Crippen LogP contribution in [0.1, 0.15) is 12.5 Å². The Morgan fingerprint density at radius 3 is 2.50 bits per heavy atom. The molecule has 0 unspecified atom stereocenters. The fraction of sp³-hybridized carbons (Fsp3) is 0.455. The van der Waals surface area contributed by atoms with E-state index < -0.39 is 21.4 Å². The maximum Gasteiger partial charge on any atom is 0.243 e. The summed E-state index contributed by atoms with van der Waals surface area (Å²) < 4.78 is 39.0. The highest BCUT2D eigenvalue weighted by Crippen LogP contribution is 2.31. The van der Waals surface area contributed by atoms with Gasteiger partial charge in [-0.3, -0.25) is 0 Å². The van der Waals surface area contributed by atoms with Gasteiger partial charge < -0.3 is 10.8 Å². The monoisotopic (exact) mass is 274 g/mol. The molecule has 0 aromatic heterocycles. The Labute approximate surface area is 105 Å². The number of halogens is 1. The van der Waals surface area contributed by atoms with Crippen LogP contribution in [-0.2, 0) is 10.0 Å². The quantitative estimate of drug-likeness (QED) is 0.768. The Kier molecular flexibility index (Phi) is 2.88. The van der Waals surface area contributed by atoms with Gasteiger partial charge in [-0.1, -0.05) is 0 Å². The predicted molar refractivity (Wildman–Crippen MR) is 64.9 cm³/mol. The summed E-state index contributed by atoms with van der Waals surface area (Å²) in [6.07, 6.45) is 0. The molecular formula is C11H15FN2O3S. The topological polar surface area (TPSA) is 83.6 Å². The molecule has 1 aromatic carbocycles. The van der Waals surface area contributed by atoms with Crippen LogP contribution in [0.2, 0.25) is 0 Å². The number of nitrogens with two attached hydrogens (primary N) is 1. The maximum atomic E-state index is 13.5. The van der Waals surface area contributed by atoms with Crippen LogP contribution in [0, 0.1) is 12.7 Å². The van der Waals surface area contributed by atoms with Gasteiger partial charge in [-0.15, -0.1) is 0 Å². The minimum atomic E-state index is -3.80. The fourth-order valence-electron chi connectivity index (χ4n) is 1.96. The van der Waals surface area contributed by atoms with E-state index in [2.05, 4.69) is 0 Å². The first-order chi connectivity index (χ1) is 8.13. The average Bonchev–Trinajstić information content (AvgIpc) is 2.19. The standard InChI is InChI=1S/C11H15FN2O3S/c1-7-9(12)3-8(13)4-10(7)18(16,17)14-5-11(2,15)6-14/h3-4,15H,5-6,13H2,1-2H3. The van der Waals surface area contributed by atoms with Crippen molar-refractivity contribution in [3.63, 3.8) is 0 Å². The van der Waals surface area contributed by atoms with E-state index in [4.69, 9.17) is 5.73 Å². The fourth-order valence-corrected chi connectivity index (χ4v) is 3.91. The second-order valence-electron chi connectivity index (χ2n) is 4.90. The molecule has 3 N–H and O–H groups in total. The van der Waals surface area contributed by atoms with Crippen LogP contribution in [0.5, 0.6) is 0 Å². The first-order valence-electron chi connectivity index (χ1n) is 5.42. The Bertz CT molecular complexity index is 591. The first kappa shape index (κ1) is 13.3. The number of anilines is 1. The number of hydrogen-bond donors (Lipinski definition) is 2. The lowest BCUT2D eigenvalue weighted by Crippen LogP contribution is -2.61. The molecule has 1 aromatic rings. The van der Waals surface area contributed by atoms with E-state index in [-0.39, 0.29) is 29.2 Å². The van der Waals surface area contributed by atoms with E-state index in [1.807, 2.05) is 0 Å². The largest absolute Gasteiger partial charge is 0.399 e. The lowest BCUT2D eigenvalue weighted by molar-refractivity contribution is -0.0426. The number of benzene rings is 1. The second-order valence-corrected chi connectivity index (χ2v) is 6.80. The second kappa shape index (κ2) is 3.91. The molecule has 7 heteroatoms. The number of rotatable bonds is 2. The highest BCUT2D eigenvalue weighted by molar-refractivity contribution is 7.89. The molecule has 5 nitrogen and oxygen atoms in total. The molecule has 0 bridgehead atoms. The Morgan fingerprint density at radius 1 is 1.44 bits per heavy atom. The third kappa shape index (κ3) is 2.09. The van der Waals surface area contributed by atoms with Crippen molar-refractivity contribution in [3.05, 3.63) is 23.5 Å². The van der Waals surface area contributed by atoms with Crippen LogP contribution in [0.3, 0.4) is 0 Å². The van der Waals surface area contributed by atoms with Crippen molar-refractivity contribution in [1.29, 1.82) is 0 Å². The van der Waals surface area contributed by atoms with Gasteiger partial charge in [-0.2, -0.15) is 4.31 Å². The number of nitrogens with zero attached hydrogens (tertiary/aromatic N) is 1. The smallest absolute Gasteiger partial charge is 0.243 e. The van der Waals surface area contributed by atoms with Crippen molar-refractivity contribution in [1.82, 2.24) is 4.31 Å². The van der Waals surface area contributed by atoms with Crippen molar-refractivity contribution in [2.45, 2.75) is 24.3 Å². The molecule has 0 radical (unpaired) electrons. The number of hydrogen-bond acceptors (Lipinski definition) is 4. The highest BCUT2D eigenvalue weighted by atomic mass is 32.2. The minimum absolute atomic E-state index is 0.00515. The molecule has 1 heterocycles. The van der Waals surface area contributed by atoms with Crippen molar-refractivity contribution in [2.75, 3.05) is 18.8 Å². The number of aliphatic hydroxyl groups is 1. The molecule has 18 heavy (non-hydrogen) atoms. The van der Waals surface area contributed by atoms with E-state index in [1.165, 1.54) is 13.0 Å². The van der Waals surface area contributed by atoms with Crippen molar-refractivity contribution in [2.24, 2.45) is 0 Å². The molecule has 1 aliphatic rings. The summed E-state index contributed by atoms with van der Waals surface area (Å²) in [7, 11) is -3.80. The summed E-state index contributed by atoms with van der Waals surface area (Å²) in [6.45, 7) is 2.95. The van der Waals surface area contributed by atoms with E-state index in [9.17, 15) is 17.9 Å². The number of sulfonamides is 1. The van der Waals surface area contributed by atoms with Gasteiger partial charge in [0.1, 0.15) is 5.82 Å². The minimum Gasteiger partial charge on any atom is -0.399 e. The molecule has 100 valence electrons. The number of β-amino-alcohol motifs (C(OH)–C–C–N with tert-alkyl or cyclic N) is 1. The summed E-state index contributed by atoms with van der Waals surface area (Å²) in [4.78, 5) is -0.143. The van der Waals surface area contributed by atoms with Gasteiger partial charge in [-0.25, -0.2) is 12.8 Å². The molecule has 0 spiro atoms. The van der Waals surface area contributed by atoms with E-state index >= 15 is 0 Å². The van der Waals surface area contributed by atoms with Crippen molar-refractivity contribution >= 4 is 15.7 Å². The molecule has 1 saturated heterocycles. The molecule has 0 atom stereocenters. The molecule has 1 aliphatic heterocycles. The maximum absolute atomic E-state index is 13.5. The van der Waals surface area contributed by atoms with E-state index in [0.29, 0.717) is 0 Å². The van der Waals surface area contributed by atoms with Gasteiger partial charge in [0.25, 0.3) is 0 Å². The summed E-state index contributed by atoms with van der Waals surface area (Å²) in [6, 6.07) is 2.32. The van der Waals surface area contributed by atoms with Crippen LogP contribution in [0.15, 0.2) is 17.0 Å². The zero-order valence-electron chi connectivity index (χ0n) is 10.1. The van der Waals surface area contributed by atoms with Gasteiger partial charge in [-0.05, 0) is 26.0 Å². The summed E-state index contributed by atoms with van der Waals surface area (Å²) in [5.74, 6) is -0.652. The van der Waals surface area contributed by atoms with E-state index in [0.717, 1.165) is 10.4 Å². The van der Waals surface area contributed by atoms with E-state index in [1.54, 1.807) is 6.92 Å². The van der Waals surface area contributed by atoms with Crippen molar-refractivity contribution < 1.29 is 17.9 Å². The third-order valence-corrected chi connectivity index (χ3v) is 4.89. The van der Waals surface area contributed by atoms with Gasteiger partial charge in [0.15, 0.2) is 0 Å². The molecule has 0 amide bonds. The van der Waals surface area contributed by atoms with Gasteiger partial charge >= 0.3 is 0 Å². The van der Waals surface area contributed by atoms with Gasteiger partial charge in [0, 0.05) is 24.3 Å².